The molecule has 1 aliphatic rings. The van der Waals surface area contributed by atoms with Gasteiger partial charge in [0.25, 0.3) is 0 Å². The first-order valence-electron chi connectivity index (χ1n) is 5.51. The Hall–Kier alpha value is -0.340. The van der Waals surface area contributed by atoms with E-state index in [0.29, 0.717) is 5.41 Å². The van der Waals surface area contributed by atoms with Crippen molar-refractivity contribution in [1.82, 2.24) is 0 Å². The lowest BCUT2D eigenvalue weighted by atomic mass is 9.70. The topological polar surface area (TPSA) is 26.0 Å². The summed E-state index contributed by atoms with van der Waals surface area (Å²) in [6.45, 7) is 2.36. The van der Waals surface area contributed by atoms with Crippen LogP contribution in [0.3, 0.4) is 0 Å². The summed E-state index contributed by atoms with van der Waals surface area (Å²) in [6, 6.07) is 4.53. The molecule has 1 aromatic rings. The van der Waals surface area contributed by atoms with Crippen molar-refractivity contribution in [3.05, 3.63) is 22.4 Å². The Balaban J connectivity index is 2.13. The first-order valence-corrected chi connectivity index (χ1v) is 6.39. The molecule has 0 saturated heterocycles. The highest BCUT2D eigenvalue weighted by molar-refractivity contribution is 7.10. The van der Waals surface area contributed by atoms with Crippen molar-refractivity contribution in [2.45, 2.75) is 45.1 Å². The van der Waals surface area contributed by atoms with Crippen LogP contribution in [0.4, 0.5) is 0 Å². The third kappa shape index (κ3) is 1.86. The van der Waals surface area contributed by atoms with E-state index in [2.05, 4.69) is 24.4 Å². The predicted molar refractivity (Wildman–Crippen MR) is 62.4 cm³/mol. The van der Waals surface area contributed by atoms with E-state index in [4.69, 9.17) is 5.73 Å². The summed E-state index contributed by atoms with van der Waals surface area (Å²) in [5.74, 6) is 0. The van der Waals surface area contributed by atoms with Gasteiger partial charge < -0.3 is 5.73 Å². The molecule has 78 valence electrons. The van der Waals surface area contributed by atoms with Crippen molar-refractivity contribution >= 4 is 11.3 Å². The standard InChI is InChI=1S/C12H19NS/c1-12(7-3-2-4-8-12)11(13)10-6-5-9-14-10/h5-6,9,11H,2-4,7-8,13H2,1H3. The van der Waals surface area contributed by atoms with Crippen molar-refractivity contribution in [3.8, 4) is 0 Å². The second-order valence-corrected chi connectivity index (χ2v) is 5.69. The average molecular weight is 209 g/mol. The Labute approximate surface area is 90.3 Å². The van der Waals surface area contributed by atoms with Gasteiger partial charge in [0.05, 0.1) is 0 Å². The molecule has 0 amide bonds. The van der Waals surface area contributed by atoms with Gasteiger partial charge in [-0.2, -0.15) is 0 Å². The molecule has 1 nitrogen and oxygen atoms in total. The Morgan fingerprint density at radius 2 is 2.07 bits per heavy atom. The van der Waals surface area contributed by atoms with E-state index < -0.39 is 0 Å². The molecule has 0 radical (unpaired) electrons. The third-order valence-electron chi connectivity index (χ3n) is 3.60. The maximum absolute atomic E-state index is 6.36. The summed E-state index contributed by atoms with van der Waals surface area (Å²) in [4.78, 5) is 1.36. The summed E-state index contributed by atoms with van der Waals surface area (Å²) in [5.41, 5.74) is 6.71. The molecule has 0 bridgehead atoms. The van der Waals surface area contributed by atoms with Crippen LogP contribution in [0.2, 0.25) is 0 Å². The maximum Gasteiger partial charge on any atom is 0.0444 e. The molecular weight excluding hydrogens is 190 g/mol. The van der Waals surface area contributed by atoms with Crippen molar-refractivity contribution in [3.63, 3.8) is 0 Å². The lowest BCUT2D eigenvalue weighted by molar-refractivity contribution is 0.172. The van der Waals surface area contributed by atoms with Gasteiger partial charge in [-0.25, -0.2) is 0 Å². The van der Waals surface area contributed by atoms with Crippen molar-refractivity contribution in [1.29, 1.82) is 0 Å². The highest BCUT2D eigenvalue weighted by atomic mass is 32.1. The maximum atomic E-state index is 6.36. The molecule has 14 heavy (non-hydrogen) atoms. The molecule has 2 heteroatoms. The summed E-state index contributed by atoms with van der Waals surface area (Å²) in [7, 11) is 0. The number of hydrogen-bond acceptors (Lipinski definition) is 2. The minimum Gasteiger partial charge on any atom is -0.323 e. The fraction of sp³-hybridized carbons (Fsp3) is 0.667. The highest BCUT2D eigenvalue weighted by Crippen LogP contribution is 2.45. The van der Waals surface area contributed by atoms with Gasteiger partial charge in [0, 0.05) is 10.9 Å². The van der Waals surface area contributed by atoms with Crippen LogP contribution in [-0.4, -0.2) is 0 Å². The van der Waals surface area contributed by atoms with Gasteiger partial charge in [0.15, 0.2) is 0 Å². The van der Waals surface area contributed by atoms with Gasteiger partial charge in [-0.1, -0.05) is 32.3 Å². The monoisotopic (exact) mass is 209 g/mol. The number of rotatable bonds is 2. The number of hydrogen-bond donors (Lipinski definition) is 1. The summed E-state index contributed by atoms with van der Waals surface area (Å²) < 4.78 is 0. The zero-order valence-electron chi connectivity index (χ0n) is 8.83. The minimum absolute atomic E-state index is 0.253. The molecule has 1 aliphatic carbocycles. The van der Waals surface area contributed by atoms with E-state index in [-0.39, 0.29) is 6.04 Å². The fourth-order valence-corrected chi connectivity index (χ4v) is 3.38. The second kappa shape index (κ2) is 4.03. The fourth-order valence-electron chi connectivity index (χ4n) is 2.48. The first kappa shape index (κ1) is 10.2. The van der Waals surface area contributed by atoms with Gasteiger partial charge >= 0.3 is 0 Å². The molecule has 1 aromatic heterocycles. The summed E-state index contributed by atoms with van der Waals surface area (Å²) in [5, 5.41) is 2.13. The molecular formula is C12H19NS. The van der Waals surface area contributed by atoms with Crippen LogP contribution < -0.4 is 5.73 Å². The lowest BCUT2D eigenvalue weighted by Crippen LogP contribution is -2.33. The molecule has 1 heterocycles. The van der Waals surface area contributed by atoms with Gasteiger partial charge in [0.2, 0.25) is 0 Å². The van der Waals surface area contributed by atoms with Crippen LogP contribution >= 0.6 is 11.3 Å². The van der Waals surface area contributed by atoms with E-state index in [1.54, 1.807) is 11.3 Å². The van der Waals surface area contributed by atoms with Crippen molar-refractivity contribution in [2.75, 3.05) is 0 Å². The van der Waals surface area contributed by atoms with Crippen LogP contribution in [0.25, 0.3) is 0 Å². The zero-order valence-corrected chi connectivity index (χ0v) is 9.65. The normalized spacial score (nSPS) is 23.3. The molecule has 2 N–H and O–H groups in total. The summed E-state index contributed by atoms with van der Waals surface area (Å²) >= 11 is 1.80. The van der Waals surface area contributed by atoms with Gasteiger partial charge in [-0.15, -0.1) is 11.3 Å². The largest absolute Gasteiger partial charge is 0.323 e. The molecule has 1 atom stereocenters. The first-order chi connectivity index (χ1) is 6.72. The van der Waals surface area contributed by atoms with Crippen LogP contribution in [-0.2, 0) is 0 Å². The van der Waals surface area contributed by atoms with E-state index in [0.717, 1.165) is 0 Å². The minimum atomic E-state index is 0.253. The van der Waals surface area contributed by atoms with E-state index in [1.807, 2.05) is 0 Å². The van der Waals surface area contributed by atoms with Crippen LogP contribution in [0.1, 0.15) is 49.9 Å². The Morgan fingerprint density at radius 3 is 2.64 bits per heavy atom. The molecule has 1 saturated carbocycles. The Bertz CT molecular complexity index is 273. The molecule has 2 rings (SSSR count). The van der Waals surface area contributed by atoms with Gasteiger partial charge in [-0.3, -0.25) is 0 Å². The number of nitrogens with two attached hydrogens (primary N) is 1. The van der Waals surface area contributed by atoms with Gasteiger partial charge in [-0.05, 0) is 29.7 Å². The quantitative estimate of drug-likeness (QED) is 0.789. The average Bonchev–Trinajstić information content (AvgIpc) is 2.70. The number of thiophene rings is 1. The predicted octanol–water partition coefficient (Wildman–Crippen LogP) is 3.72. The second-order valence-electron chi connectivity index (χ2n) is 4.71. The zero-order chi connectivity index (χ0) is 10.0. The Kier molecular flexibility index (Phi) is 2.93. The van der Waals surface area contributed by atoms with Crippen LogP contribution in [0, 0.1) is 5.41 Å². The van der Waals surface area contributed by atoms with Crippen molar-refractivity contribution < 1.29 is 0 Å². The van der Waals surface area contributed by atoms with E-state index in [9.17, 15) is 0 Å². The smallest absolute Gasteiger partial charge is 0.0444 e. The van der Waals surface area contributed by atoms with Crippen molar-refractivity contribution in [2.24, 2.45) is 11.1 Å². The Morgan fingerprint density at radius 1 is 1.36 bits per heavy atom. The van der Waals surface area contributed by atoms with E-state index >= 15 is 0 Å². The van der Waals surface area contributed by atoms with Crippen LogP contribution in [0.15, 0.2) is 17.5 Å². The molecule has 1 unspecified atom stereocenters. The van der Waals surface area contributed by atoms with E-state index in [1.165, 1.54) is 37.0 Å². The highest BCUT2D eigenvalue weighted by Gasteiger charge is 2.34. The van der Waals surface area contributed by atoms with Gasteiger partial charge in [0.1, 0.15) is 0 Å². The molecule has 0 spiro atoms. The SMILES string of the molecule is CC1(C(N)c2cccs2)CCCCC1. The molecule has 0 aliphatic heterocycles. The third-order valence-corrected chi connectivity index (χ3v) is 4.55. The van der Waals surface area contributed by atoms with Crippen LogP contribution in [0.5, 0.6) is 0 Å². The lowest BCUT2D eigenvalue weighted by Gasteiger charge is -2.38. The molecule has 0 aromatic carbocycles. The molecule has 1 fully saturated rings. The summed E-state index contributed by atoms with van der Waals surface area (Å²) in [6.07, 6.45) is 6.70.